The summed E-state index contributed by atoms with van der Waals surface area (Å²) in [7, 11) is 2.05. The second-order valence-corrected chi connectivity index (χ2v) is 4.04. The molecular weight excluding hydrogens is 204 g/mol. The van der Waals surface area contributed by atoms with Crippen LogP contribution in [0.2, 0.25) is 0 Å². The summed E-state index contributed by atoms with van der Waals surface area (Å²) in [6, 6.07) is 2.41. The van der Waals surface area contributed by atoms with Gasteiger partial charge in [0.25, 0.3) is 0 Å². The predicted molar refractivity (Wildman–Crippen MR) is 62.2 cm³/mol. The number of hydrogen-bond acceptors (Lipinski definition) is 5. The van der Waals surface area contributed by atoms with Crippen LogP contribution in [-0.2, 0) is 11.3 Å². The van der Waals surface area contributed by atoms with E-state index in [0.29, 0.717) is 12.6 Å². The average molecular weight is 222 g/mol. The van der Waals surface area contributed by atoms with Crippen molar-refractivity contribution in [1.29, 1.82) is 0 Å². The molecule has 0 bridgehead atoms. The Kier molecular flexibility index (Phi) is 3.69. The molecular formula is C11H18N4O. The molecule has 88 valence electrons. The molecule has 1 fully saturated rings. The molecule has 1 aromatic rings. The van der Waals surface area contributed by atoms with Crippen LogP contribution in [0, 0.1) is 0 Å². The van der Waals surface area contributed by atoms with E-state index in [1.54, 1.807) is 6.20 Å². The van der Waals surface area contributed by atoms with E-state index in [4.69, 9.17) is 10.5 Å². The Morgan fingerprint density at radius 1 is 1.50 bits per heavy atom. The van der Waals surface area contributed by atoms with Gasteiger partial charge in [0.15, 0.2) is 5.82 Å². The third kappa shape index (κ3) is 2.31. The number of nitrogens with two attached hydrogens (primary N) is 1. The van der Waals surface area contributed by atoms with Gasteiger partial charge in [-0.05, 0) is 18.9 Å². The number of rotatable bonds is 3. The van der Waals surface area contributed by atoms with E-state index in [9.17, 15) is 0 Å². The highest BCUT2D eigenvalue weighted by atomic mass is 16.5. The Bertz CT molecular complexity index is 339. The fourth-order valence-corrected chi connectivity index (χ4v) is 2.05. The summed E-state index contributed by atoms with van der Waals surface area (Å²) in [5.41, 5.74) is 6.74. The molecule has 2 heterocycles. The molecule has 0 aromatic carbocycles. The van der Waals surface area contributed by atoms with Gasteiger partial charge in [-0.15, -0.1) is 5.10 Å². The molecule has 5 heteroatoms. The maximum absolute atomic E-state index is 5.70. The third-order valence-corrected chi connectivity index (χ3v) is 3.07. The van der Waals surface area contributed by atoms with E-state index in [-0.39, 0.29) is 0 Å². The monoisotopic (exact) mass is 222 g/mol. The van der Waals surface area contributed by atoms with Gasteiger partial charge in [0, 0.05) is 38.4 Å². The molecule has 1 saturated heterocycles. The Balaban J connectivity index is 2.15. The highest BCUT2D eigenvalue weighted by Gasteiger charge is 2.21. The second-order valence-electron chi connectivity index (χ2n) is 4.04. The predicted octanol–water partition coefficient (Wildman–Crippen LogP) is 0.550. The maximum Gasteiger partial charge on any atom is 0.155 e. The van der Waals surface area contributed by atoms with E-state index < -0.39 is 0 Å². The summed E-state index contributed by atoms with van der Waals surface area (Å²) < 4.78 is 5.35. The topological polar surface area (TPSA) is 64.3 Å². The number of anilines is 1. The lowest BCUT2D eigenvalue weighted by Crippen LogP contribution is -2.38. The Hall–Kier alpha value is -1.20. The highest BCUT2D eigenvalue weighted by Crippen LogP contribution is 2.21. The first-order valence-electron chi connectivity index (χ1n) is 5.64. The number of nitrogens with zero attached hydrogens (tertiary/aromatic N) is 3. The van der Waals surface area contributed by atoms with Gasteiger partial charge in [-0.2, -0.15) is 5.10 Å². The zero-order valence-corrected chi connectivity index (χ0v) is 9.59. The van der Waals surface area contributed by atoms with Crippen LogP contribution < -0.4 is 10.6 Å². The fourth-order valence-electron chi connectivity index (χ4n) is 2.05. The molecule has 0 spiro atoms. The summed E-state index contributed by atoms with van der Waals surface area (Å²) >= 11 is 0. The first-order valence-corrected chi connectivity index (χ1v) is 5.64. The van der Waals surface area contributed by atoms with Crippen LogP contribution in [0.15, 0.2) is 12.3 Å². The molecule has 2 rings (SSSR count). The molecule has 0 aliphatic carbocycles. The van der Waals surface area contributed by atoms with Crippen molar-refractivity contribution in [2.75, 3.05) is 25.2 Å². The SMILES string of the molecule is CN(c1nnccc1CN)C1CCOCC1. The van der Waals surface area contributed by atoms with Crippen LogP contribution in [0.1, 0.15) is 18.4 Å². The van der Waals surface area contributed by atoms with Crippen LogP contribution in [0.4, 0.5) is 5.82 Å². The lowest BCUT2D eigenvalue weighted by molar-refractivity contribution is 0.0853. The molecule has 1 aliphatic rings. The summed E-state index contributed by atoms with van der Waals surface area (Å²) in [6.07, 6.45) is 3.76. The highest BCUT2D eigenvalue weighted by molar-refractivity contribution is 5.45. The second kappa shape index (κ2) is 5.23. The van der Waals surface area contributed by atoms with Crippen LogP contribution in [-0.4, -0.2) is 36.5 Å². The van der Waals surface area contributed by atoms with Gasteiger partial charge in [0.1, 0.15) is 0 Å². The van der Waals surface area contributed by atoms with Crippen LogP contribution in [0.3, 0.4) is 0 Å². The lowest BCUT2D eigenvalue weighted by atomic mass is 10.1. The first-order chi connectivity index (χ1) is 7.83. The van der Waals surface area contributed by atoms with Crippen molar-refractivity contribution in [3.63, 3.8) is 0 Å². The van der Waals surface area contributed by atoms with Crippen molar-refractivity contribution in [2.45, 2.75) is 25.4 Å². The normalized spacial score (nSPS) is 17.4. The summed E-state index contributed by atoms with van der Waals surface area (Å²) in [6.45, 7) is 2.15. The fraction of sp³-hybridized carbons (Fsp3) is 0.636. The summed E-state index contributed by atoms with van der Waals surface area (Å²) in [4.78, 5) is 2.18. The largest absolute Gasteiger partial charge is 0.381 e. The molecule has 5 nitrogen and oxygen atoms in total. The Morgan fingerprint density at radius 2 is 2.25 bits per heavy atom. The standard InChI is InChI=1S/C11H18N4O/c1-15(10-3-6-16-7-4-10)11-9(8-12)2-5-13-14-11/h2,5,10H,3-4,6-8,12H2,1H3. The van der Waals surface area contributed by atoms with Gasteiger partial charge >= 0.3 is 0 Å². The molecule has 0 atom stereocenters. The van der Waals surface area contributed by atoms with Crippen molar-refractivity contribution in [3.05, 3.63) is 17.8 Å². The molecule has 16 heavy (non-hydrogen) atoms. The van der Waals surface area contributed by atoms with Gasteiger partial charge < -0.3 is 15.4 Å². The van der Waals surface area contributed by atoms with Gasteiger partial charge in [0.05, 0.1) is 6.20 Å². The van der Waals surface area contributed by atoms with Crippen molar-refractivity contribution in [3.8, 4) is 0 Å². The summed E-state index contributed by atoms with van der Waals surface area (Å²) in [5, 5.41) is 8.11. The molecule has 1 aromatic heterocycles. The molecule has 1 aliphatic heterocycles. The quantitative estimate of drug-likeness (QED) is 0.809. The van der Waals surface area contributed by atoms with Crippen LogP contribution in [0.25, 0.3) is 0 Å². The minimum atomic E-state index is 0.482. The number of ether oxygens (including phenoxy) is 1. The molecule has 0 saturated carbocycles. The van der Waals surface area contributed by atoms with E-state index in [0.717, 1.165) is 37.4 Å². The first kappa shape index (κ1) is 11.3. The van der Waals surface area contributed by atoms with Crippen LogP contribution >= 0.6 is 0 Å². The average Bonchev–Trinajstić information content (AvgIpc) is 2.39. The third-order valence-electron chi connectivity index (χ3n) is 3.07. The van der Waals surface area contributed by atoms with E-state index >= 15 is 0 Å². The van der Waals surface area contributed by atoms with E-state index in [1.807, 2.05) is 6.07 Å². The number of hydrogen-bond donors (Lipinski definition) is 1. The Morgan fingerprint density at radius 3 is 2.94 bits per heavy atom. The molecule has 0 radical (unpaired) electrons. The van der Waals surface area contributed by atoms with E-state index in [2.05, 4.69) is 22.1 Å². The minimum absolute atomic E-state index is 0.482. The molecule has 0 amide bonds. The lowest BCUT2D eigenvalue weighted by Gasteiger charge is -2.32. The van der Waals surface area contributed by atoms with Gasteiger partial charge in [0.2, 0.25) is 0 Å². The smallest absolute Gasteiger partial charge is 0.155 e. The zero-order chi connectivity index (χ0) is 11.4. The Labute approximate surface area is 95.6 Å². The maximum atomic E-state index is 5.70. The van der Waals surface area contributed by atoms with Crippen molar-refractivity contribution in [1.82, 2.24) is 10.2 Å². The van der Waals surface area contributed by atoms with Gasteiger partial charge in [-0.1, -0.05) is 0 Å². The van der Waals surface area contributed by atoms with E-state index in [1.165, 1.54) is 0 Å². The van der Waals surface area contributed by atoms with Gasteiger partial charge in [-0.3, -0.25) is 0 Å². The van der Waals surface area contributed by atoms with Crippen molar-refractivity contribution < 1.29 is 4.74 Å². The van der Waals surface area contributed by atoms with Crippen LogP contribution in [0.5, 0.6) is 0 Å². The van der Waals surface area contributed by atoms with Crippen molar-refractivity contribution >= 4 is 5.82 Å². The zero-order valence-electron chi connectivity index (χ0n) is 9.59. The van der Waals surface area contributed by atoms with Crippen molar-refractivity contribution in [2.24, 2.45) is 5.73 Å². The summed E-state index contributed by atoms with van der Waals surface area (Å²) in [5.74, 6) is 0.900. The minimum Gasteiger partial charge on any atom is -0.381 e. The number of aromatic nitrogens is 2. The van der Waals surface area contributed by atoms with Gasteiger partial charge in [-0.25, -0.2) is 0 Å². The molecule has 2 N–H and O–H groups in total. The molecule has 0 unspecified atom stereocenters.